The highest BCUT2D eigenvalue weighted by Gasteiger charge is 2.51. The van der Waals surface area contributed by atoms with Crippen LogP contribution in [0.5, 0.6) is 5.75 Å². The van der Waals surface area contributed by atoms with Crippen LogP contribution in [0.25, 0.3) is 22.5 Å². The van der Waals surface area contributed by atoms with E-state index in [2.05, 4.69) is 0 Å². The summed E-state index contributed by atoms with van der Waals surface area (Å²) in [6, 6.07) is 48.5. The highest BCUT2D eigenvalue weighted by molar-refractivity contribution is 8.01. The molecule has 0 aliphatic carbocycles. The lowest BCUT2D eigenvalue weighted by Gasteiger charge is -2.31. The van der Waals surface area contributed by atoms with E-state index in [-0.39, 0.29) is 16.8 Å². The molecule has 0 fully saturated rings. The summed E-state index contributed by atoms with van der Waals surface area (Å²) >= 11 is 0. The SMILES string of the molecule is O=c1oc(-c2ccccc2)c(-c2ccccc2)c([O-])c1[P+](c1ccccc1)(c1ccccc1)c1ccccc1. The quantitative estimate of drug-likeness (QED) is 0.264. The molecule has 0 saturated carbocycles. The van der Waals surface area contributed by atoms with Crippen molar-refractivity contribution < 1.29 is 9.52 Å². The summed E-state index contributed by atoms with van der Waals surface area (Å²) in [6.07, 6.45) is 0. The number of hydrogen-bond acceptors (Lipinski definition) is 3. The summed E-state index contributed by atoms with van der Waals surface area (Å²) in [4.78, 5) is 14.2. The second kappa shape index (κ2) is 10.6. The van der Waals surface area contributed by atoms with Crippen molar-refractivity contribution in [2.75, 3.05) is 0 Å². The van der Waals surface area contributed by atoms with Crippen LogP contribution in [-0.4, -0.2) is 0 Å². The Bertz CT molecular complexity index is 1650. The molecule has 3 nitrogen and oxygen atoms in total. The van der Waals surface area contributed by atoms with E-state index < -0.39 is 12.9 Å². The van der Waals surface area contributed by atoms with Crippen molar-refractivity contribution in [3.63, 3.8) is 0 Å². The van der Waals surface area contributed by atoms with Gasteiger partial charge in [0.15, 0.2) is 12.6 Å². The number of hydrogen-bond donors (Lipinski definition) is 0. The molecule has 0 unspecified atom stereocenters. The average Bonchev–Trinajstić information content (AvgIpc) is 3.01. The summed E-state index contributed by atoms with van der Waals surface area (Å²) in [7, 11) is -2.96. The van der Waals surface area contributed by atoms with Crippen LogP contribution in [0.15, 0.2) is 161 Å². The Balaban J connectivity index is 1.81. The Morgan fingerprint density at radius 3 is 1.26 bits per heavy atom. The molecular weight excluding hydrogens is 499 g/mol. The minimum atomic E-state index is -2.96. The molecular formula is C35H25O3P. The number of rotatable bonds is 6. The molecule has 0 spiro atoms. The largest absolute Gasteiger partial charge is 0.869 e. The lowest BCUT2D eigenvalue weighted by atomic mass is 10.00. The zero-order valence-corrected chi connectivity index (χ0v) is 22.0. The molecule has 188 valence electrons. The van der Waals surface area contributed by atoms with Crippen LogP contribution >= 0.6 is 7.26 Å². The van der Waals surface area contributed by atoms with Gasteiger partial charge in [0.05, 0.1) is 0 Å². The van der Waals surface area contributed by atoms with Gasteiger partial charge in [-0.2, -0.15) is 0 Å². The monoisotopic (exact) mass is 524 g/mol. The van der Waals surface area contributed by atoms with Gasteiger partial charge in [0.25, 0.3) is 0 Å². The van der Waals surface area contributed by atoms with Gasteiger partial charge in [0, 0.05) is 11.1 Å². The van der Waals surface area contributed by atoms with E-state index in [1.165, 1.54) is 0 Å². The molecule has 0 radical (unpaired) electrons. The molecule has 5 aromatic carbocycles. The molecule has 39 heavy (non-hydrogen) atoms. The molecule has 0 aliphatic rings. The molecule has 6 aromatic rings. The maximum atomic E-state index is 14.9. The molecule has 1 aromatic heterocycles. The summed E-state index contributed by atoms with van der Waals surface area (Å²) in [5.41, 5.74) is 1.17. The molecule has 0 amide bonds. The summed E-state index contributed by atoms with van der Waals surface area (Å²) in [5.74, 6) is -0.0194. The molecule has 0 bridgehead atoms. The van der Waals surface area contributed by atoms with Gasteiger partial charge >= 0.3 is 5.63 Å². The Morgan fingerprint density at radius 2 is 0.846 bits per heavy atom. The Morgan fingerprint density at radius 1 is 0.487 bits per heavy atom. The van der Waals surface area contributed by atoms with E-state index in [9.17, 15) is 9.90 Å². The Kier molecular flexibility index (Phi) is 6.67. The van der Waals surface area contributed by atoms with Crippen molar-refractivity contribution in [1.29, 1.82) is 0 Å². The van der Waals surface area contributed by atoms with Gasteiger partial charge in [-0.25, -0.2) is 4.79 Å². The summed E-state index contributed by atoms with van der Waals surface area (Å²) in [6.45, 7) is 0. The highest BCUT2D eigenvalue weighted by Crippen LogP contribution is 2.56. The van der Waals surface area contributed by atoms with Crippen molar-refractivity contribution in [3.05, 3.63) is 162 Å². The fourth-order valence-corrected chi connectivity index (χ4v) is 9.51. The van der Waals surface area contributed by atoms with Crippen LogP contribution in [0.2, 0.25) is 0 Å². The van der Waals surface area contributed by atoms with E-state index in [1.54, 1.807) is 0 Å². The third-order valence-corrected chi connectivity index (χ3v) is 11.2. The van der Waals surface area contributed by atoms with Gasteiger partial charge < -0.3 is 9.52 Å². The molecule has 0 saturated heterocycles. The third-order valence-electron chi connectivity index (χ3n) is 6.92. The van der Waals surface area contributed by atoms with Crippen LogP contribution in [0.4, 0.5) is 0 Å². The third kappa shape index (κ3) is 4.27. The first-order chi connectivity index (χ1) is 19.2. The van der Waals surface area contributed by atoms with Gasteiger partial charge in [-0.05, 0) is 47.7 Å². The number of benzene rings is 5. The zero-order chi connectivity index (χ0) is 26.7. The molecule has 6 rings (SSSR count). The first kappa shape index (κ1) is 24.6. The highest BCUT2D eigenvalue weighted by atomic mass is 31.2. The normalized spacial score (nSPS) is 11.3. The maximum Gasteiger partial charge on any atom is 0.379 e. The van der Waals surface area contributed by atoms with Gasteiger partial charge in [0.2, 0.25) is 0 Å². The van der Waals surface area contributed by atoms with E-state index in [4.69, 9.17) is 4.42 Å². The van der Waals surface area contributed by atoms with Crippen LogP contribution in [-0.2, 0) is 0 Å². The summed E-state index contributed by atoms with van der Waals surface area (Å²) < 4.78 is 6.20. The Hall–Kier alpha value is -4.72. The minimum Gasteiger partial charge on any atom is -0.869 e. The van der Waals surface area contributed by atoms with E-state index in [0.29, 0.717) is 16.7 Å². The van der Waals surface area contributed by atoms with Crippen LogP contribution < -0.4 is 32.0 Å². The van der Waals surface area contributed by atoms with Crippen LogP contribution in [0.1, 0.15) is 0 Å². The Labute approximate surface area is 228 Å². The summed E-state index contributed by atoms with van der Waals surface area (Å²) in [5, 5.41) is 17.8. The van der Waals surface area contributed by atoms with E-state index >= 15 is 0 Å². The standard InChI is InChI=1S/C35H25O3P/c36-32-31(26-16-6-1-7-17-26)33(27-18-8-2-9-19-27)38-35(37)34(32)39(28-20-10-3-11-21-28,29-22-12-4-13-23-29)30-24-14-5-15-25-30/h1-25H. The lowest BCUT2D eigenvalue weighted by Crippen LogP contribution is -2.45. The van der Waals surface area contributed by atoms with E-state index in [1.807, 2.05) is 152 Å². The second-order valence-corrected chi connectivity index (χ2v) is 12.5. The molecule has 1 heterocycles. The maximum absolute atomic E-state index is 14.9. The molecule has 0 atom stereocenters. The van der Waals surface area contributed by atoms with Gasteiger partial charge in [0.1, 0.15) is 21.7 Å². The molecule has 0 aliphatic heterocycles. The van der Waals surface area contributed by atoms with Gasteiger partial charge in [-0.1, -0.05) is 115 Å². The minimum absolute atomic E-state index is 0.171. The first-order valence-corrected chi connectivity index (χ1v) is 14.6. The molecule has 0 N–H and O–H groups in total. The predicted molar refractivity (Wildman–Crippen MR) is 160 cm³/mol. The van der Waals surface area contributed by atoms with E-state index in [0.717, 1.165) is 15.9 Å². The van der Waals surface area contributed by atoms with Gasteiger partial charge in [-0.3, -0.25) is 0 Å². The first-order valence-electron chi connectivity index (χ1n) is 12.8. The topological polar surface area (TPSA) is 53.3 Å². The van der Waals surface area contributed by atoms with Crippen LogP contribution in [0.3, 0.4) is 0 Å². The lowest BCUT2D eigenvalue weighted by molar-refractivity contribution is -0.265. The van der Waals surface area contributed by atoms with Crippen molar-refractivity contribution in [2.45, 2.75) is 0 Å². The average molecular weight is 525 g/mol. The van der Waals surface area contributed by atoms with Crippen LogP contribution in [0, 0.1) is 0 Å². The zero-order valence-electron chi connectivity index (χ0n) is 21.1. The molecule has 4 heteroatoms. The fourth-order valence-electron chi connectivity index (χ4n) is 5.24. The van der Waals surface area contributed by atoms with Gasteiger partial charge in [-0.15, -0.1) is 0 Å². The van der Waals surface area contributed by atoms with Crippen molar-refractivity contribution >= 4 is 28.5 Å². The second-order valence-electron chi connectivity index (χ2n) is 9.18. The predicted octanol–water partition coefficient (Wildman–Crippen LogP) is 5.67. The fraction of sp³-hybridized carbons (Fsp3) is 0. The smallest absolute Gasteiger partial charge is 0.379 e. The van der Waals surface area contributed by atoms with Crippen molar-refractivity contribution in [1.82, 2.24) is 0 Å². The van der Waals surface area contributed by atoms with Crippen molar-refractivity contribution in [2.24, 2.45) is 0 Å². The van der Waals surface area contributed by atoms with Crippen molar-refractivity contribution in [3.8, 4) is 28.2 Å².